The first kappa shape index (κ1) is 17.7. The third-order valence-electron chi connectivity index (χ3n) is 5.20. The minimum absolute atomic E-state index is 0.154. The van der Waals surface area contributed by atoms with E-state index in [1.54, 1.807) is 17.6 Å². The number of morpholine rings is 1. The van der Waals surface area contributed by atoms with E-state index in [-0.39, 0.29) is 5.91 Å². The average Bonchev–Trinajstić information content (AvgIpc) is 3.35. The van der Waals surface area contributed by atoms with E-state index in [9.17, 15) is 4.79 Å². The topological polar surface area (TPSA) is 58.8 Å². The molecule has 2 fully saturated rings. The summed E-state index contributed by atoms with van der Waals surface area (Å²) in [6.07, 6.45) is 4.10. The molecule has 26 heavy (non-hydrogen) atoms. The van der Waals surface area contributed by atoms with Gasteiger partial charge in [0, 0.05) is 32.7 Å². The lowest BCUT2D eigenvalue weighted by atomic mass is 9.95. The molecule has 2 aromatic rings. The maximum atomic E-state index is 12.6. The largest absolute Gasteiger partial charge is 0.444 e. The van der Waals surface area contributed by atoms with Crippen molar-refractivity contribution in [1.82, 2.24) is 14.8 Å². The van der Waals surface area contributed by atoms with Crippen molar-refractivity contribution in [2.45, 2.75) is 19.3 Å². The van der Waals surface area contributed by atoms with Gasteiger partial charge in [0.1, 0.15) is 6.26 Å². The van der Waals surface area contributed by atoms with Gasteiger partial charge < -0.3 is 14.1 Å². The summed E-state index contributed by atoms with van der Waals surface area (Å²) in [6, 6.07) is 3.94. The standard InChI is InChI=1S/C19H25N3O3S/c23-18(12-16-14-25-19(20-16)17-2-1-11-26-17)22-5-3-15(4-6-22)13-21-7-9-24-10-8-21/h1-2,11,14-15H,3-10,12-13H2. The summed E-state index contributed by atoms with van der Waals surface area (Å²) in [5.41, 5.74) is 0.717. The Hall–Kier alpha value is -1.70. The van der Waals surface area contributed by atoms with Gasteiger partial charge in [-0.3, -0.25) is 9.69 Å². The monoisotopic (exact) mass is 375 g/mol. The van der Waals surface area contributed by atoms with E-state index in [1.165, 1.54) is 0 Å². The van der Waals surface area contributed by atoms with Crippen LogP contribution in [0.25, 0.3) is 10.8 Å². The first-order chi connectivity index (χ1) is 12.8. The minimum atomic E-state index is 0.154. The van der Waals surface area contributed by atoms with Gasteiger partial charge >= 0.3 is 0 Å². The second-order valence-corrected chi connectivity index (χ2v) is 7.98. The van der Waals surface area contributed by atoms with Crippen LogP contribution < -0.4 is 0 Å². The second-order valence-electron chi connectivity index (χ2n) is 7.04. The van der Waals surface area contributed by atoms with Crippen LogP contribution in [0.3, 0.4) is 0 Å². The first-order valence-corrected chi connectivity index (χ1v) is 10.2. The van der Waals surface area contributed by atoms with E-state index in [1.807, 2.05) is 22.4 Å². The van der Waals surface area contributed by atoms with Crippen LogP contribution in [0.5, 0.6) is 0 Å². The SMILES string of the molecule is O=C(Cc1coc(-c2cccs2)n1)N1CCC(CN2CCOCC2)CC1. The zero-order valence-corrected chi connectivity index (χ0v) is 15.7. The number of hydrogen-bond acceptors (Lipinski definition) is 6. The molecule has 1 amide bonds. The van der Waals surface area contributed by atoms with E-state index >= 15 is 0 Å². The lowest BCUT2D eigenvalue weighted by Crippen LogP contribution is -2.44. The molecule has 2 aliphatic rings. The van der Waals surface area contributed by atoms with Crippen molar-refractivity contribution in [2.24, 2.45) is 5.92 Å². The highest BCUT2D eigenvalue weighted by atomic mass is 32.1. The van der Waals surface area contributed by atoms with Crippen molar-refractivity contribution in [3.63, 3.8) is 0 Å². The number of piperidine rings is 1. The van der Waals surface area contributed by atoms with Crippen LogP contribution in [0.4, 0.5) is 0 Å². The molecule has 0 spiro atoms. The quantitative estimate of drug-likeness (QED) is 0.804. The molecule has 7 heteroatoms. The molecular formula is C19H25N3O3S. The molecule has 2 aliphatic heterocycles. The molecule has 6 nitrogen and oxygen atoms in total. The van der Waals surface area contributed by atoms with Gasteiger partial charge in [-0.1, -0.05) is 6.07 Å². The van der Waals surface area contributed by atoms with E-state index in [0.717, 1.165) is 63.7 Å². The molecule has 0 aliphatic carbocycles. The molecule has 0 bridgehead atoms. The number of carbonyl (C=O) groups excluding carboxylic acids is 1. The summed E-state index contributed by atoms with van der Waals surface area (Å²) in [4.78, 5) is 22.5. The number of carbonyl (C=O) groups is 1. The highest BCUT2D eigenvalue weighted by Crippen LogP contribution is 2.24. The number of thiophene rings is 1. The fraction of sp³-hybridized carbons (Fsp3) is 0.579. The van der Waals surface area contributed by atoms with Crippen LogP contribution in [-0.4, -0.2) is 66.6 Å². The number of hydrogen-bond donors (Lipinski definition) is 0. The van der Waals surface area contributed by atoms with Crippen LogP contribution in [-0.2, 0) is 16.0 Å². The van der Waals surface area contributed by atoms with Gasteiger partial charge in [0.25, 0.3) is 0 Å². The second kappa shape index (κ2) is 8.33. The molecule has 4 heterocycles. The van der Waals surface area contributed by atoms with Gasteiger partial charge in [0.15, 0.2) is 0 Å². The Kier molecular flexibility index (Phi) is 5.67. The lowest BCUT2D eigenvalue weighted by molar-refractivity contribution is -0.132. The molecule has 0 atom stereocenters. The Morgan fingerprint density at radius 1 is 1.23 bits per heavy atom. The summed E-state index contributed by atoms with van der Waals surface area (Å²) in [5.74, 6) is 1.45. The molecule has 2 saturated heterocycles. The first-order valence-electron chi connectivity index (χ1n) is 9.34. The van der Waals surface area contributed by atoms with Crippen molar-refractivity contribution in [3.8, 4) is 10.8 Å². The molecule has 0 aromatic carbocycles. The number of nitrogens with zero attached hydrogens (tertiary/aromatic N) is 3. The van der Waals surface area contributed by atoms with E-state index in [2.05, 4.69) is 9.88 Å². The Labute approximate surface area is 157 Å². The van der Waals surface area contributed by atoms with Crippen LogP contribution in [0.2, 0.25) is 0 Å². The minimum Gasteiger partial charge on any atom is -0.444 e. The zero-order valence-electron chi connectivity index (χ0n) is 14.9. The lowest BCUT2D eigenvalue weighted by Gasteiger charge is -2.36. The Morgan fingerprint density at radius 2 is 2.04 bits per heavy atom. The predicted molar refractivity (Wildman–Crippen MR) is 100 cm³/mol. The molecule has 4 rings (SSSR count). The molecule has 2 aromatic heterocycles. The number of oxazole rings is 1. The van der Waals surface area contributed by atoms with Crippen LogP contribution in [0, 0.1) is 5.92 Å². The summed E-state index contributed by atoms with van der Waals surface area (Å²) in [6.45, 7) is 6.62. The zero-order chi connectivity index (χ0) is 17.8. The van der Waals surface area contributed by atoms with Gasteiger partial charge in [0.05, 0.1) is 30.2 Å². The Bertz CT molecular complexity index is 701. The smallest absolute Gasteiger partial charge is 0.236 e. The third-order valence-corrected chi connectivity index (χ3v) is 6.06. The van der Waals surface area contributed by atoms with Crippen molar-refractivity contribution in [3.05, 3.63) is 29.5 Å². The molecule has 140 valence electrons. The molecule has 0 radical (unpaired) electrons. The van der Waals surface area contributed by atoms with Gasteiger partial charge in [-0.05, 0) is 30.2 Å². The summed E-state index contributed by atoms with van der Waals surface area (Å²) < 4.78 is 10.9. The van der Waals surface area contributed by atoms with Gasteiger partial charge in [-0.25, -0.2) is 4.98 Å². The van der Waals surface area contributed by atoms with Crippen molar-refractivity contribution in [1.29, 1.82) is 0 Å². The summed E-state index contributed by atoms with van der Waals surface area (Å²) >= 11 is 1.59. The normalized spacial score (nSPS) is 19.8. The average molecular weight is 375 g/mol. The van der Waals surface area contributed by atoms with Gasteiger partial charge in [0.2, 0.25) is 11.8 Å². The van der Waals surface area contributed by atoms with Crippen molar-refractivity contribution in [2.75, 3.05) is 45.9 Å². The Morgan fingerprint density at radius 3 is 2.77 bits per heavy atom. The maximum Gasteiger partial charge on any atom is 0.236 e. The van der Waals surface area contributed by atoms with E-state index in [4.69, 9.17) is 9.15 Å². The molecular weight excluding hydrogens is 350 g/mol. The van der Waals surface area contributed by atoms with Crippen molar-refractivity contribution < 1.29 is 13.9 Å². The van der Waals surface area contributed by atoms with E-state index in [0.29, 0.717) is 23.9 Å². The maximum absolute atomic E-state index is 12.6. The molecule has 0 saturated carbocycles. The number of likely N-dealkylation sites (tertiary alicyclic amines) is 1. The molecule has 0 N–H and O–H groups in total. The highest BCUT2D eigenvalue weighted by Gasteiger charge is 2.25. The number of rotatable bonds is 5. The number of amides is 1. The van der Waals surface area contributed by atoms with Gasteiger partial charge in [-0.2, -0.15) is 0 Å². The van der Waals surface area contributed by atoms with Crippen LogP contribution in [0.1, 0.15) is 18.5 Å². The van der Waals surface area contributed by atoms with E-state index < -0.39 is 0 Å². The van der Waals surface area contributed by atoms with Gasteiger partial charge in [-0.15, -0.1) is 11.3 Å². The van der Waals surface area contributed by atoms with Crippen LogP contribution in [0.15, 0.2) is 28.2 Å². The fourth-order valence-electron chi connectivity index (χ4n) is 3.68. The summed E-state index contributed by atoms with van der Waals surface area (Å²) in [7, 11) is 0. The summed E-state index contributed by atoms with van der Waals surface area (Å²) in [5, 5.41) is 1.99. The third kappa shape index (κ3) is 4.34. The highest BCUT2D eigenvalue weighted by molar-refractivity contribution is 7.13. The Balaban J connectivity index is 1.24. The number of aromatic nitrogens is 1. The predicted octanol–water partition coefficient (Wildman–Crippen LogP) is 2.52. The van der Waals surface area contributed by atoms with Crippen LogP contribution >= 0.6 is 11.3 Å². The fourth-order valence-corrected chi connectivity index (χ4v) is 4.34. The molecule has 0 unspecified atom stereocenters. The van der Waals surface area contributed by atoms with Crippen molar-refractivity contribution >= 4 is 17.2 Å². The number of ether oxygens (including phenoxy) is 1.